The summed E-state index contributed by atoms with van der Waals surface area (Å²) in [5.74, 6) is 2.46. The number of ether oxygens (including phenoxy) is 3. The molecule has 1 aliphatic heterocycles. The van der Waals surface area contributed by atoms with Crippen LogP contribution in [0.3, 0.4) is 0 Å². The third-order valence-corrected chi connectivity index (χ3v) is 4.20. The van der Waals surface area contributed by atoms with Crippen molar-refractivity contribution in [1.29, 1.82) is 0 Å². The number of carbonyl (C=O) groups excluding carboxylic acids is 1. The minimum absolute atomic E-state index is 0.0741. The fourth-order valence-electron chi connectivity index (χ4n) is 2.88. The number of carbonyl (C=O) groups is 1. The van der Waals surface area contributed by atoms with Crippen LogP contribution >= 0.6 is 0 Å². The SMILES string of the molecule is CCOc1ccc(CNC(=O)N[C@H]2COc3ccc(OC)cc3C2)cc1. The fraction of sp³-hybridized carbons (Fsp3) is 0.350. The predicted molar refractivity (Wildman–Crippen MR) is 99.0 cm³/mol. The molecule has 0 spiro atoms. The molecule has 0 bridgehead atoms. The number of methoxy groups -OCH3 is 1. The molecule has 2 amide bonds. The highest BCUT2D eigenvalue weighted by atomic mass is 16.5. The average molecular weight is 356 g/mol. The van der Waals surface area contributed by atoms with E-state index < -0.39 is 0 Å². The van der Waals surface area contributed by atoms with Crippen LogP contribution in [0.2, 0.25) is 0 Å². The summed E-state index contributed by atoms with van der Waals surface area (Å²) in [7, 11) is 1.63. The molecule has 0 saturated carbocycles. The molecule has 1 atom stereocenters. The molecule has 2 N–H and O–H groups in total. The van der Waals surface area contributed by atoms with E-state index in [0.717, 1.165) is 28.4 Å². The zero-order valence-corrected chi connectivity index (χ0v) is 15.1. The van der Waals surface area contributed by atoms with Gasteiger partial charge in [-0.2, -0.15) is 0 Å². The van der Waals surface area contributed by atoms with Gasteiger partial charge in [0.2, 0.25) is 0 Å². The third kappa shape index (κ3) is 4.59. The molecule has 26 heavy (non-hydrogen) atoms. The van der Waals surface area contributed by atoms with Crippen LogP contribution in [0.15, 0.2) is 42.5 Å². The van der Waals surface area contributed by atoms with E-state index in [1.165, 1.54) is 0 Å². The van der Waals surface area contributed by atoms with Crippen molar-refractivity contribution < 1.29 is 19.0 Å². The smallest absolute Gasteiger partial charge is 0.315 e. The van der Waals surface area contributed by atoms with Gasteiger partial charge in [-0.15, -0.1) is 0 Å². The van der Waals surface area contributed by atoms with E-state index in [1.54, 1.807) is 7.11 Å². The number of benzene rings is 2. The molecule has 0 saturated heterocycles. The predicted octanol–water partition coefficient (Wildman–Crippen LogP) is 2.90. The summed E-state index contributed by atoms with van der Waals surface area (Å²) in [6.07, 6.45) is 0.711. The maximum Gasteiger partial charge on any atom is 0.315 e. The Morgan fingerprint density at radius 2 is 1.96 bits per heavy atom. The van der Waals surface area contributed by atoms with E-state index in [9.17, 15) is 4.79 Å². The standard InChI is InChI=1S/C20H24N2O4/c1-3-25-17-6-4-14(5-7-17)12-21-20(23)22-16-10-15-11-18(24-2)8-9-19(15)26-13-16/h4-9,11,16H,3,10,12-13H2,1-2H3,(H2,21,22,23)/t16-/m1/s1. The molecule has 3 rings (SSSR count). The number of hydrogen-bond donors (Lipinski definition) is 2. The molecule has 0 aromatic heterocycles. The summed E-state index contributed by atoms with van der Waals surface area (Å²) in [6, 6.07) is 13.1. The zero-order valence-electron chi connectivity index (χ0n) is 15.1. The number of amides is 2. The third-order valence-electron chi connectivity index (χ3n) is 4.20. The molecule has 0 radical (unpaired) electrons. The Morgan fingerprint density at radius 3 is 2.69 bits per heavy atom. The van der Waals surface area contributed by atoms with Gasteiger partial charge < -0.3 is 24.8 Å². The summed E-state index contributed by atoms with van der Waals surface area (Å²) in [5.41, 5.74) is 2.05. The highest BCUT2D eigenvalue weighted by molar-refractivity contribution is 5.74. The Labute approximate surface area is 153 Å². The van der Waals surface area contributed by atoms with Crippen molar-refractivity contribution >= 4 is 6.03 Å². The Balaban J connectivity index is 1.49. The highest BCUT2D eigenvalue weighted by Crippen LogP contribution is 2.28. The van der Waals surface area contributed by atoms with E-state index in [-0.39, 0.29) is 12.1 Å². The topological polar surface area (TPSA) is 68.8 Å². The lowest BCUT2D eigenvalue weighted by atomic mass is 10.0. The van der Waals surface area contributed by atoms with Crippen molar-refractivity contribution in [1.82, 2.24) is 10.6 Å². The minimum Gasteiger partial charge on any atom is -0.497 e. The van der Waals surface area contributed by atoms with Crippen molar-refractivity contribution in [3.63, 3.8) is 0 Å². The van der Waals surface area contributed by atoms with Gasteiger partial charge in [-0.25, -0.2) is 4.79 Å². The van der Waals surface area contributed by atoms with E-state index >= 15 is 0 Å². The maximum absolute atomic E-state index is 12.2. The normalized spacial score (nSPS) is 15.4. The first kappa shape index (κ1) is 17.9. The highest BCUT2D eigenvalue weighted by Gasteiger charge is 2.21. The second kappa shape index (κ2) is 8.47. The Bertz CT molecular complexity index is 746. The van der Waals surface area contributed by atoms with Crippen LogP contribution in [-0.2, 0) is 13.0 Å². The molecule has 0 aliphatic carbocycles. The molecule has 1 heterocycles. The van der Waals surface area contributed by atoms with Gasteiger partial charge in [0, 0.05) is 6.54 Å². The second-order valence-electron chi connectivity index (χ2n) is 6.09. The van der Waals surface area contributed by atoms with Gasteiger partial charge in [-0.05, 0) is 54.8 Å². The van der Waals surface area contributed by atoms with Gasteiger partial charge in [0.25, 0.3) is 0 Å². The van der Waals surface area contributed by atoms with Gasteiger partial charge in [0.1, 0.15) is 23.9 Å². The molecule has 6 nitrogen and oxygen atoms in total. The van der Waals surface area contributed by atoms with Crippen molar-refractivity contribution in [2.45, 2.75) is 25.9 Å². The summed E-state index contributed by atoms with van der Waals surface area (Å²) >= 11 is 0. The molecule has 2 aromatic rings. The average Bonchev–Trinajstić information content (AvgIpc) is 2.67. The molecule has 0 unspecified atom stereocenters. The van der Waals surface area contributed by atoms with E-state index in [1.807, 2.05) is 49.4 Å². The van der Waals surface area contributed by atoms with Crippen molar-refractivity contribution in [3.05, 3.63) is 53.6 Å². The van der Waals surface area contributed by atoms with Crippen LogP contribution in [0, 0.1) is 0 Å². The first-order chi connectivity index (χ1) is 12.7. The monoisotopic (exact) mass is 356 g/mol. The number of urea groups is 1. The Kier molecular flexibility index (Phi) is 5.84. The van der Waals surface area contributed by atoms with Crippen LogP contribution in [0.25, 0.3) is 0 Å². The first-order valence-corrected chi connectivity index (χ1v) is 8.73. The minimum atomic E-state index is -0.209. The fourth-order valence-corrected chi connectivity index (χ4v) is 2.88. The zero-order chi connectivity index (χ0) is 18.4. The number of rotatable bonds is 6. The Morgan fingerprint density at radius 1 is 1.19 bits per heavy atom. The van der Waals surface area contributed by atoms with Gasteiger partial charge in [0.05, 0.1) is 19.8 Å². The van der Waals surface area contributed by atoms with Gasteiger partial charge in [-0.3, -0.25) is 0 Å². The lowest BCUT2D eigenvalue weighted by Crippen LogP contribution is -2.47. The van der Waals surface area contributed by atoms with E-state index in [4.69, 9.17) is 14.2 Å². The van der Waals surface area contributed by atoms with Crippen LogP contribution in [0.5, 0.6) is 17.2 Å². The molecule has 1 aliphatic rings. The number of nitrogens with one attached hydrogen (secondary N) is 2. The molecule has 2 aromatic carbocycles. The van der Waals surface area contributed by atoms with Crippen LogP contribution < -0.4 is 24.8 Å². The largest absolute Gasteiger partial charge is 0.497 e. The van der Waals surface area contributed by atoms with Crippen LogP contribution in [0.1, 0.15) is 18.1 Å². The Hall–Kier alpha value is -2.89. The molecule has 0 fully saturated rings. The lowest BCUT2D eigenvalue weighted by Gasteiger charge is -2.26. The van der Waals surface area contributed by atoms with Crippen molar-refractivity contribution in [2.75, 3.05) is 20.3 Å². The van der Waals surface area contributed by atoms with E-state index in [2.05, 4.69) is 10.6 Å². The second-order valence-corrected chi connectivity index (χ2v) is 6.09. The van der Waals surface area contributed by atoms with Crippen LogP contribution in [0.4, 0.5) is 4.79 Å². The summed E-state index contributed by atoms with van der Waals surface area (Å²) < 4.78 is 16.4. The molecule has 138 valence electrons. The maximum atomic E-state index is 12.2. The van der Waals surface area contributed by atoms with Crippen molar-refractivity contribution in [3.8, 4) is 17.2 Å². The molecular weight excluding hydrogens is 332 g/mol. The summed E-state index contributed by atoms with van der Waals surface area (Å²) in [5, 5.41) is 5.83. The first-order valence-electron chi connectivity index (χ1n) is 8.73. The summed E-state index contributed by atoms with van der Waals surface area (Å²) in [6.45, 7) is 3.49. The molecule has 6 heteroatoms. The van der Waals surface area contributed by atoms with Gasteiger partial charge >= 0.3 is 6.03 Å². The van der Waals surface area contributed by atoms with Gasteiger partial charge in [-0.1, -0.05) is 12.1 Å². The van der Waals surface area contributed by atoms with Crippen LogP contribution in [-0.4, -0.2) is 32.4 Å². The molecular formula is C20H24N2O4. The van der Waals surface area contributed by atoms with Crippen molar-refractivity contribution in [2.24, 2.45) is 0 Å². The lowest BCUT2D eigenvalue weighted by molar-refractivity contribution is 0.214. The van der Waals surface area contributed by atoms with Gasteiger partial charge in [0.15, 0.2) is 0 Å². The quantitative estimate of drug-likeness (QED) is 0.835. The number of fused-ring (bicyclic) bond motifs is 1. The summed E-state index contributed by atoms with van der Waals surface area (Å²) in [4.78, 5) is 12.2. The number of hydrogen-bond acceptors (Lipinski definition) is 4. The van der Waals surface area contributed by atoms with E-state index in [0.29, 0.717) is 26.2 Å².